The zero-order valence-corrected chi connectivity index (χ0v) is 13.6. The quantitative estimate of drug-likeness (QED) is 0.894. The molecule has 0 aliphatic carbocycles. The Morgan fingerprint density at radius 3 is 2.43 bits per heavy atom. The van der Waals surface area contributed by atoms with Gasteiger partial charge in [-0.2, -0.15) is 0 Å². The monoisotopic (exact) mass is 349 g/mol. The third-order valence-corrected chi connectivity index (χ3v) is 3.60. The fourth-order valence-corrected chi connectivity index (χ4v) is 2.55. The first-order valence-electron chi connectivity index (χ1n) is 6.38. The largest absolute Gasteiger partial charge is 0.355 e. The van der Waals surface area contributed by atoms with Crippen LogP contribution in [-0.4, -0.2) is 23.4 Å². The van der Waals surface area contributed by atoms with Crippen molar-refractivity contribution in [1.29, 1.82) is 0 Å². The Hall–Kier alpha value is -2.08. The Balaban J connectivity index is 2.22. The number of carbonyl (C=O) groups is 2. The molecule has 0 bridgehead atoms. The number of benzene rings is 1. The number of nitrogens with zero attached hydrogens (tertiary/aromatic N) is 1. The molecule has 0 aliphatic heterocycles. The molecule has 1 heterocycles. The molecule has 2 amide bonds. The Labute approximate surface area is 131 Å². The number of anilines is 1. The molecule has 0 spiro atoms. The summed E-state index contributed by atoms with van der Waals surface area (Å²) in [5.74, 6) is -0.346. The molecule has 110 valence electrons. The number of halogens is 1. The Morgan fingerprint density at radius 2 is 1.90 bits per heavy atom. The SMILES string of the molecule is CNC(=O)c1ccc(NC(=O)c2cc(Br)cn2C)c(C)c1. The lowest BCUT2D eigenvalue weighted by molar-refractivity contribution is 0.0962. The maximum absolute atomic E-state index is 12.2. The molecule has 21 heavy (non-hydrogen) atoms. The lowest BCUT2D eigenvalue weighted by Crippen LogP contribution is -2.19. The number of carbonyl (C=O) groups excluding carboxylic acids is 2. The van der Waals surface area contributed by atoms with Gasteiger partial charge >= 0.3 is 0 Å². The van der Waals surface area contributed by atoms with E-state index in [0.717, 1.165) is 10.0 Å². The van der Waals surface area contributed by atoms with E-state index in [1.807, 2.05) is 13.1 Å². The van der Waals surface area contributed by atoms with Gasteiger partial charge in [-0.25, -0.2) is 0 Å². The third-order valence-electron chi connectivity index (χ3n) is 3.17. The number of aromatic nitrogens is 1. The highest BCUT2D eigenvalue weighted by molar-refractivity contribution is 9.10. The van der Waals surface area contributed by atoms with Crippen LogP contribution in [0.4, 0.5) is 5.69 Å². The van der Waals surface area contributed by atoms with Gasteiger partial charge in [0, 0.05) is 36.0 Å². The average Bonchev–Trinajstić information content (AvgIpc) is 2.79. The van der Waals surface area contributed by atoms with Crippen molar-refractivity contribution in [1.82, 2.24) is 9.88 Å². The maximum atomic E-state index is 12.2. The van der Waals surface area contributed by atoms with Gasteiger partial charge in [-0.3, -0.25) is 9.59 Å². The number of hydrogen-bond donors (Lipinski definition) is 2. The molecule has 1 aromatic heterocycles. The van der Waals surface area contributed by atoms with Crippen molar-refractivity contribution in [3.63, 3.8) is 0 Å². The molecule has 5 nitrogen and oxygen atoms in total. The van der Waals surface area contributed by atoms with Crippen LogP contribution in [0.5, 0.6) is 0 Å². The highest BCUT2D eigenvalue weighted by Gasteiger charge is 2.13. The molecule has 2 N–H and O–H groups in total. The second-order valence-corrected chi connectivity index (χ2v) is 5.63. The highest BCUT2D eigenvalue weighted by atomic mass is 79.9. The van der Waals surface area contributed by atoms with Crippen molar-refractivity contribution < 1.29 is 9.59 Å². The standard InChI is InChI=1S/C15H16BrN3O2/c1-9-6-10(14(20)17-2)4-5-12(9)18-15(21)13-7-11(16)8-19(13)3/h4-8H,1-3H3,(H,17,20)(H,18,21). The van der Waals surface area contributed by atoms with Crippen molar-refractivity contribution in [3.8, 4) is 0 Å². The molecule has 0 fully saturated rings. The number of aryl methyl sites for hydroxylation is 2. The molecule has 0 saturated heterocycles. The Bertz CT molecular complexity index is 707. The third kappa shape index (κ3) is 3.33. The van der Waals surface area contributed by atoms with Crippen LogP contribution in [0.25, 0.3) is 0 Å². The molecule has 2 rings (SSSR count). The van der Waals surface area contributed by atoms with E-state index in [2.05, 4.69) is 26.6 Å². The van der Waals surface area contributed by atoms with E-state index in [0.29, 0.717) is 16.9 Å². The van der Waals surface area contributed by atoms with Gasteiger partial charge in [-0.15, -0.1) is 0 Å². The fraction of sp³-hybridized carbons (Fsp3) is 0.200. The average molecular weight is 350 g/mol. The summed E-state index contributed by atoms with van der Waals surface area (Å²) < 4.78 is 2.59. The van der Waals surface area contributed by atoms with Crippen molar-refractivity contribution >= 4 is 33.4 Å². The van der Waals surface area contributed by atoms with Gasteiger partial charge in [0.05, 0.1) is 0 Å². The van der Waals surface area contributed by atoms with E-state index < -0.39 is 0 Å². The number of hydrogen-bond acceptors (Lipinski definition) is 2. The van der Waals surface area contributed by atoms with E-state index in [-0.39, 0.29) is 11.8 Å². The lowest BCUT2D eigenvalue weighted by Gasteiger charge is -2.10. The maximum Gasteiger partial charge on any atom is 0.272 e. The summed E-state index contributed by atoms with van der Waals surface area (Å²) in [5, 5.41) is 5.42. The van der Waals surface area contributed by atoms with Crippen LogP contribution in [0.15, 0.2) is 34.9 Å². The van der Waals surface area contributed by atoms with Crippen LogP contribution in [0, 0.1) is 6.92 Å². The molecule has 0 aliphatic rings. The van der Waals surface area contributed by atoms with Crippen LogP contribution < -0.4 is 10.6 Å². The molecule has 0 atom stereocenters. The summed E-state index contributed by atoms with van der Waals surface area (Å²) in [5.41, 5.74) is 2.63. The minimum absolute atomic E-state index is 0.151. The first-order chi connectivity index (χ1) is 9.92. The van der Waals surface area contributed by atoms with Crippen molar-refractivity contribution in [2.24, 2.45) is 7.05 Å². The molecule has 0 unspecified atom stereocenters. The van der Waals surface area contributed by atoms with E-state index >= 15 is 0 Å². The van der Waals surface area contributed by atoms with E-state index in [4.69, 9.17) is 0 Å². The summed E-state index contributed by atoms with van der Waals surface area (Å²) in [4.78, 5) is 23.8. The Kier molecular flexibility index (Phi) is 4.47. The van der Waals surface area contributed by atoms with E-state index in [1.165, 1.54) is 0 Å². The van der Waals surface area contributed by atoms with Gasteiger partial charge < -0.3 is 15.2 Å². The molecular formula is C15H16BrN3O2. The van der Waals surface area contributed by atoms with Crippen LogP contribution in [0.3, 0.4) is 0 Å². The van der Waals surface area contributed by atoms with Crippen molar-refractivity contribution in [2.75, 3.05) is 12.4 Å². The second-order valence-electron chi connectivity index (χ2n) is 4.72. The molecule has 6 heteroatoms. The normalized spacial score (nSPS) is 10.3. The smallest absolute Gasteiger partial charge is 0.272 e. The van der Waals surface area contributed by atoms with Crippen molar-refractivity contribution in [3.05, 3.63) is 51.8 Å². The highest BCUT2D eigenvalue weighted by Crippen LogP contribution is 2.19. The summed E-state index contributed by atoms with van der Waals surface area (Å²) in [6.07, 6.45) is 1.82. The summed E-state index contributed by atoms with van der Waals surface area (Å²) in [6.45, 7) is 1.85. The number of nitrogens with one attached hydrogen (secondary N) is 2. The first-order valence-corrected chi connectivity index (χ1v) is 7.17. The molecule has 2 aromatic rings. The topological polar surface area (TPSA) is 63.1 Å². The number of rotatable bonds is 3. The predicted molar refractivity (Wildman–Crippen MR) is 85.6 cm³/mol. The van der Waals surface area contributed by atoms with E-state index in [1.54, 1.807) is 42.9 Å². The van der Waals surface area contributed by atoms with Crippen LogP contribution in [0.2, 0.25) is 0 Å². The minimum Gasteiger partial charge on any atom is -0.355 e. The van der Waals surface area contributed by atoms with Crippen LogP contribution in [0.1, 0.15) is 26.4 Å². The predicted octanol–water partition coefficient (Wildman–Crippen LogP) is 2.71. The lowest BCUT2D eigenvalue weighted by atomic mass is 10.1. The van der Waals surface area contributed by atoms with Gasteiger partial charge in [0.15, 0.2) is 0 Å². The van der Waals surface area contributed by atoms with Gasteiger partial charge in [0.25, 0.3) is 11.8 Å². The van der Waals surface area contributed by atoms with Crippen molar-refractivity contribution in [2.45, 2.75) is 6.92 Å². The molecule has 0 radical (unpaired) electrons. The van der Waals surface area contributed by atoms with Gasteiger partial charge in [0.2, 0.25) is 0 Å². The van der Waals surface area contributed by atoms with Gasteiger partial charge in [0.1, 0.15) is 5.69 Å². The minimum atomic E-state index is -0.195. The zero-order valence-electron chi connectivity index (χ0n) is 12.0. The van der Waals surface area contributed by atoms with Gasteiger partial charge in [-0.1, -0.05) is 0 Å². The van der Waals surface area contributed by atoms with Gasteiger partial charge in [-0.05, 0) is 52.7 Å². The number of amides is 2. The molecule has 1 aromatic carbocycles. The first kappa shape index (κ1) is 15.3. The summed E-state index contributed by atoms with van der Waals surface area (Å²) in [7, 11) is 3.39. The van der Waals surface area contributed by atoms with E-state index in [9.17, 15) is 9.59 Å². The van der Waals surface area contributed by atoms with Crippen LogP contribution in [-0.2, 0) is 7.05 Å². The molecule has 0 saturated carbocycles. The summed E-state index contributed by atoms with van der Waals surface area (Å²) >= 11 is 3.34. The fourth-order valence-electron chi connectivity index (χ4n) is 2.03. The van der Waals surface area contributed by atoms with Crippen LogP contribution >= 0.6 is 15.9 Å². The summed E-state index contributed by atoms with van der Waals surface area (Å²) in [6, 6.07) is 6.91. The second kappa shape index (κ2) is 6.13. The zero-order chi connectivity index (χ0) is 15.6. The molecular weight excluding hydrogens is 334 g/mol. The Morgan fingerprint density at radius 1 is 1.19 bits per heavy atom.